The van der Waals surface area contributed by atoms with Gasteiger partial charge in [-0.1, -0.05) is 6.07 Å². The highest BCUT2D eigenvalue weighted by Crippen LogP contribution is 2.59. The molecular formula is C21H22FN5O4. The van der Waals surface area contributed by atoms with E-state index >= 15 is 0 Å². The summed E-state index contributed by atoms with van der Waals surface area (Å²) >= 11 is 0. The van der Waals surface area contributed by atoms with Crippen LogP contribution in [0.2, 0.25) is 0 Å². The van der Waals surface area contributed by atoms with E-state index in [-0.39, 0.29) is 48.5 Å². The number of hydrogen-bond donors (Lipinski definition) is 2. The quantitative estimate of drug-likeness (QED) is 0.752. The van der Waals surface area contributed by atoms with Crippen molar-refractivity contribution in [1.29, 1.82) is 0 Å². The topological polar surface area (TPSA) is 108 Å². The number of hydrogen-bond acceptors (Lipinski definition) is 5. The lowest BCUT2D eigenvalue weighted by Gasteiger charge is -2.19. The summed E-state index contributed by atoms with van der Waals surface area (Å²) in [6.45, 7) is 3.03. The number of fused-ring (bicyclic) bond motifs is 1. The molecular weight excluding hydrogens is 405 g/mol. The van der Waals surface area contributed by atoms with Crippen molar-refractivity contribution in [3.63, 3.8) is 0 Å². The van der Waals surface area contributed by atoms with Gasteiger partial charge in [-0.05, 0) is 41.5 Å². The Bertz CT molecular complexity index is 1030. The number of piperidine rings is 1. The van der Waals surface area contributed by atoms with Crippen LogP contribution in [0.1, 0.15) is 28.9 Å². The molecule has 2 aliphatic heterocycles. The molecule has 3 heterocycles. The molecule has 1 saturated carbocycles. The van der Waals surface area contributed by atoms with E-state index < -0.39 is 12.2 Å². The highest BCUT2D eigenvalue weighted by Gasteiger charge is 2.58. The maximum Gasteiger partial charge on any atom is 0.414 e. The molecule has 0 radical (unpaired) electrons. The second-order valence-corrected chi connectivity index (χ2v) is 8.28. The lowest BCUT2D eigenvalue weighted by molar-refractivity contribution is -0.119. The van der Waals surface area contributed by atoms with Crippen molar-refractivity contribution < 1.29 is 23.5 Å². The number of benzene rings is 1. The van der Waals surface area contributed by atoms with Crippen LogP contribution in [0.5, 0.6) is 0 Å². The molecule has 0 bridgehead atoms. The molecule has 162 valence electrons. The summed E-state index contributed by atoms with van der Waals surface area (Å²) in [5.74, 6) is -0.117. The summed E-state index contributed by atoms with van der Waals surface area (Å²) in [6.07, 6.45) is 0.584. The predicted molar refractivity (Wildman–Crippen MR) is 107 cm³/mol. The average molecular weight is 427 g/mol. The lowest BCUT2D eigenvalue weighted by Crippen LogP contribution is -2.33. The maximum atomic E-state index is 14.9. The minimum atomic E-state index is -0.557. The Morgan fingerprint density at radius 2 is 2.03 bits per heavy atom. The number of likely N-dealkylation sites (tertiary alicyclic amines) is 1. The number of aromatic nitrogens is 2. The number of ether oxygens (including phenoxy) is 1. The van der Waals surface area contributed by atoms with E-state index in [1.807, 2.05) is 0 Å². The van der Waals surface area contributed by atoms with Crippen molar-refractivity contribution in [2.75, 3.05) is 31.1 Å². The molecule has 4 atom stereocenters. The van der Waals surface area contributed by atoms with E-state index in [0.29, 0.717) is 30.0 Å². The monoisotopic (exact) mass is 427 g/mol. The standard InChI is InChI=1S/C21H22FN5O4/c1-11(28)23-7-13-8-27(21(30)31-13)12-2-3-14(17(22)6-12)19-15-9-26(10-16(15)19)20(29)18-4-5-24-25-18/h2-6,13,15-16,19H,7-10H2,1H3,(H,23,28)(H,24,25)/t13-,15-,16+,19+/m0/s1. The molecule has 2 saturated heterocycles. The van der Waals surface area contributed by atoms with Crippen LogP contribution in [0.15, 0.2) is 30.5 Å². The van der Waals surface area contributed by atoms with Gasteiger partial charge in [0, 0.05) is 26.2 Å². The molecule has 3 aliphatic rings. The molecule has 1 aromatic carbocycles. The van der Waals surface area contributed by atoms with Crippen LogP contribution < -0.4 is 10.2 Å². The zero-order valence-corrected chi connectivity index (χ0v) is 16.9. The second kappa shape index (κ2) is 7.36. The van der Waals surface area contributed by atoms with E-state index in [4.69, 9.17) is 4.74 Å². The highest BCUT2D eigenvalue weighted by atomic mass is 19.1. The van der Waals surface area contributed by atoms with Gasteiger partial charge in [-0.3, -0.25) is 19.6 Å². The maximum absolute atomic E-state index is 14.9. The first kappa shape index (κ1) is 19.5. The summed E-state index contributed by atoms with van der Waals surface area (Å²) in [6, 6.07) is 6.45. The summed E-state index contributed by atoms with van der Waals surface area (Å²) in [4.78, 5) is 38.8. The predicted octanol–water partition coefficient (Wildman–Crippen LogP) is 1.50. The fraction of sp³-hybridized carbons (Fsp3) is 0.429. The number of halogens is 1. The molecule has 10 heteroatoms. The zero-order chi connectivity index (χ0) is 21.7. The number of nitrogens with one attached hydrogen (secondary N) is 2. The number of H-pyrrole nitrogens is 1. The molecule has 31 heavy (non-hydrogen) atoms. The molecule has 0 unspecified atom stereocenters. The minimum absolute atomic E-state index is 0.0790. The van der Waals surface area contributed by atoms with E-state index in [2.05, 4.69) is 15.5 Å². The minimum Gasteiger partial charge on any atom is -0.442 e. The Hall–Kier alpha value is -3.43. The van der Waals surface area contributed by atoms with Crippen LogP contribution in [-0.4, -0.2) is 65.3 Å². The van der Waals surface area contributed by atoms with Crippen molar-refractivity contribution in [1.82, 2.24) is 20.4 Å². The number of cyclic esters (lactones) is 1. The van der Waals surface area contributed by atoms with Crippen LogP contribution in [0, 0.1) is 17.7 Å². The van der Waals surface area contributed by atoms with Gasteiger partial charge in [0.2, 0.25) is 5.91 Å². The second-order valence-electron chi connectivity index (χ2n) is 8.28. The summed E-state index contributed by atoms with van der Waals surface area (Å²) < 4.78 is 20.2. The van der Waals surface area contributed by atoms with Gasteiger partial charge < -0.3 is 15.0 Å². The Balaban J connectivity index is 1.22. The third-order valence-corrected chi connectivity index (χ3v) is 6.31. The molecule has 1 aromatic heterocycles. The number of anilines is 1. The van der Waals surface area contributed by atoms with Crippen molar-refractivity contribution in [2.45, 2.75) is 18.9 Å². The first-order valence-corrected chi connectivity index (χ1v) is 10.2. The van der Waals surface area contributed by atoms with Crippen molar-refractivity contribution in [3.05, 3.63) is 47.5 Å². The van der Waals surface area contributed by atoms with E-state index in [1.165, 1.54) is 17.9 Å². The SMILES string of the molecule is CC(=O)NC[C@H]1CN(c2ccc([C@H]3[C@@H]4CN(C(=O)c5cc[nH]n5)C[C@@H]43)c(F)c2)C(=O)O1. The number of aromatic amines is 1. The van der Waals surface area contributed by atoms with Gasteiger partial charge in [0.1, 0.15) is 17.6 Å². The fourth-order valence-electron chi connectivity index (χ4n) is 4.75. The summed E-state index contributed by atoms with van der Waals surface area (Å²) in [5, 5.41) is 9.19. The molecule has 2 N–H and O–H groups in total. The van der Waals surface area contributed by atoms with Crippen LogP contribution in [0.25, 0.3) is 0 Å². The van der Waals surface area contributed by atoms with Gasteiger partial charge in [0.25, 0.3) is 5.91 Å². The third kappa shape index (κ3) is 3.51. The normalized spacial score (nSPS) is 26.6. The fourth-order valence-corrected chi connectivity index (χ4v) is 4.75. The molecule has 1 aliphatic carbocycles. The molecule has 3 fully saturated rings. The number of rotatable bonds is 5. The molecule has 9 nitrogen and oxygen atoms in total. The lowest BCUT2D eigenvalue weighted by atomic mass is 10.0. The van der Waals surface area contributed by atoms with Gasteiger partial charge in [0.15, 0.2) is 0 Å². The number of nitrogens with zero attached hydrogens (tertiary/aromatic N) is 3. The smallest absolute Gasteiger partial charge is 0.414 e. The largest absolute Gasteiger partial charge is 0.442 e. The Kier molecular flexibility index (Phi) is 4.64. The molecule has 2 aromatic rings. The van der Waals surface area contributed by atoms with Crippen molar-refractivity contribution >= 4 is 23.6 Å². The van der Waals surface area contributed by atoms with Gasteiger partial charge in [-0.25, -0.2) is 9.18 Å². The molecule has 3 amide bonds. The van der Waals surface area contributed by atoms with Crippen LogP contribution in [0.3, 0.4) is 0 Å². The van der Waals surface area contributed by atoms with Gasteiger partial charge in [0.05, 0.1) is 18.8 Å². The van der Waals surface area contributed by atoms with Gasteiger partial charge in [-0.15, -0.1) is 0 Å². The first-order valence-electron chi connectivity index (χ1n) is 10.2. The van der Waals surface area contributed by atoms with Crippen LogP contribution in [0.4, 0.5) is 14.9 Å². The Morgan fingerprint density at radius 1 is 1.26 bits per heavy atom. The number of amides is 3. The number of carbonyl (C=O) groups excluding carboxylic acids is 3. The molecule has 0 spiro atoms. The summed E-state index contributed by atoms with van der Waals surface area (Å²) in [5.41, 5.74) is 1.44. The van der Waals surface area contributed by atoms with Crippen LogP contribution >= 0.6 is 0 Å². The number of carbonyl (C=O) groups is 3. The van der Waals surface area contributed by atoms with Gasteiger partial charge in [-0.2, -0.15) is 5.10 Å². The Labute approximate surface area is 177 Å². The van der Waals surface area contributed by atoms with Crippen molar-refractivity contribution in [2.24, 2.45) is 11.8 Å². The van der Waals surface area contributed by atoms with Crippen molar-refractivity contribution in [3.8, 4) is 0 Å². The van der Waals surface area contributed by atoms with Gasteiger partial charge >= 0.3 is 6.09 Å². The summed E-state index contributed by atoms with van der Waals surface area (Å²) in [7, 11) is 0. The van der Waals surface area contributed by atoms with E-state index in [1.54, 1.807) is 29.3 Å². The zero-order valence-electron chi connectivity index (χ0n) is 16.9. The van der Waals surface area contributed by atoms with E-state index in [0.717, 1.165) is 0 Å². The third-order valence-electron chi connectivity index (χ3n) is 6.31. The Morgan fingerprint density at radius 3 is 2.68 bits per heavy atom. The first-order chi connectivity index (χ1) is 14.9. The van der Waals surface area contributed by atoms with E-state index in [9.17, 15) is 18.8 Å². The van der Waals surface area contributed by atoms with Crippen LogP contribution in [-0.2, 0) is 9.53 Å². The highest BCUT2D eigenvalue weighted by molar-refractivity contribution is 5.92. The average Bonchev–Trinajstić information content (AvgIpc) is 3.21. The molecule has 5 rings (SSSR count).